The molecule has 0 saturated carbocycles. The van der Waals surface area contributed by atoms with E-state index in [1.54, 1.807) is 6.07 Å². The second-order valence-corrected chi connectivity index (χ2v) is 4.13. The lowest BCUT2D eigenvalue weighted by molar-refractivity contribution is -0.380. The highest BCUT2D eigenvalue weighted by Gasteiger charge is 2.07. The van der Waals surface area contributed by atoms with E-state index in [2.05, 4.69) is 13.8 Å². The number of hydrogen-bond acceptors (Lipinski definition) is 3. The number of rotatable bonds is 3. The average molecular weight is 197 g/mol. The van der Waals surface area contributed by atoms with Crippen molar-refractivity contribution in [2.24, 2.45) is 5.92 Å². The Kier molecular flexibility index (Phi) is 3.19. The van der Waals surface area contributed by atoms with Crippen LogP contribution in [0.2, 0.25) is 0 Å². The van der Waals surface area contributed by atoms with Gasteiger partial charge in [0, 0.05) is 10.9 Å². The van der Waals surface area contributed by atoms with Crippen LogP contribution in [0.1, 0.15) is 18.7 Å². The van der Waals surface area contributed by atoms with Crippen LogP contribution in [0.15, 0.2) is 18.2 Å². The summed E-state index contributed by atoms with van der Waals surface area (Å²) >= 11 is 1.20. The minimum Gasteiger partial charge on any atom is -0.258 e. The van der Waals surface area contributed by atoms with Gasteiger partial charge in [0.2, 0.25) is 0 Å². The first-order valence-electron chi connectivity index (χ1n) is 4.02. The van der Waals surface area contributed by atoms with Crippen molar-refractivity contribution >= 4 is 22.4 Å². The Hall–Kier alpha value is -1.16. The molecule has 0 aliphatic heterocycles. The highest BCUT2D eigenvalue weighted by Crippen LogP contribution is 2.25. The molecule has 0 bridgehead atoms. The van der Waals surface area contributed by atoms with Crippen LogP contribution >= 0.6 is 11.3 Å². The van der Waals surface area contributed by atoms with Crippen molar-refractivity contribution in [1.29, 1.82) is 0 Å². The zero-order chi connectivity index (χ0) is 9.84. The molecule has 0 fully saturated rings. The maximum atomic E-state index is 10.3. The van der Waals surface area contributed by atoms with Gasteiger partial charge in [0.1, 0.15) is 0 Å². The Bertz CT molecular complexity index is 328. The molecule has 0 atom stereocenters. The summed E-state index contributed by atoms with van der Waals surface area (Å²) in [4.78, 5) is 10.9. The molecule has 0 unspecified atom stereocenters. The molecule has 1 heterocycles. The summed E-state index contributed by atoms with van der Waals surface area (Å²) < 4.78 is 0. The van der Waals surface area contributed by atoms with Crippen molar-refractivity contribution in [2.75, 3.05) is 0 Å². The molecular weight excluding hydrogens is 186 g/mol. The van der Waals surface area contributed by atoms with Crippen molar-refractivity contribution < 1.29 is 4.92 Å². The van der Waals surface area contributed by atoms with E-state index in [9.17, 15) is 10.1 Å². The van der Waals surface area contributed by atoms with Crippen LogP contribution in [0, 0.1) is 16.0 Å². The monoisotopic (exact) mass is 197 g/mol. The Morgan fingerprint density at radius 3 is 2.69 bits per heavy atom. The largest absolute Gasteiger partial charge is 0.324 e. The van der Waals surface area contributed by atoms with Crippen molar-refractivity contribution in [2.45, 2.75) is 13.8 Å². The first-order chi connectivity index (χ1) is 6.09. The van der Waals surface area contributed by atoms with E-state index in [0.29, 0.717) is 5.92 Å². The van der Waals surface area contributed by atoms with Gasteiger partial charge in [-0.05, 0) is 18.1 Å². The Balaban J connectivity index is 2.75. The van der Waals surface area contributed by atoms with Gasteiger partial charge in [-0.1, -0.05) is 31.3 Å². The average Bonchev–Trinajstić information content (AvgIpc) is 2.48. The predicted octanol–water partition coefficient (Wildman–Crippen LogP) is 3.33. The lowest BCUT2D eigenvalue weighted by Gasteiger charge is -1.90. The van der Waals surface area contributed by atoms with Gasteiger partial charge in [0.15, 0.2) is 0 Å². The molecule has 0 amide bonds. The molecule has 0 aliphatic rings. The van der Waals surface area contributed by atoms with Crippen LogP contribution in [-0.2, 0) is 0 Å². The Morgan fingerprint density at radius 1 is 1.54 bits per heavy atom. The highest BCUT2D eigenvalue weighted by atomic mass is 32.1. The fourth-order valence-electron chi connectivity index (χ4n) is 0.817. The maximum absolute atomic E-state index is 10.3. The second-order valence-electron chi connectivity index (χ2n) is 3.04. The topological polar surface area (TPSA) is 43.1 Å². The summed E-state index contributed by atoms with van der Waals surface area (Å²) in [5.41, 5.74) is 0. The van der Waals surface area contributed by atoms with Gasteiger partial charge in [-0.3, -0.25) is 10.1 Å². The van der Waals surface area contributed by atoms with Crippen molar-refractivity contribution in [1.82, 2.24) is 0 Å². The number of nitro groups is 1. The lowest BCUT2D eigenvalue weighted by Crippen LogP contribution is -1.80. The van der Waals surface area contributed by atoms with Crippen molar-refractivity contribution in [3.8, 4) is 0 Å². The third kappa shape index (κ3) is 2.99. The summed E-state index contributed by atoms with van der Waals surface area (Å²) in [6, 6.07) is 3.30. The molecule has 0 spiro atoms. The third-order valence-corrected chi connectivity index (χ3v) is 2.44. The zero-order valence-electron chi connectivity index (χ0n) is 7.56. The van der Waals surface area contributed by atoms with Gasteiger partial charge >= 0.3 is 5.00 Å². The predicted molar refractivity (Wildman–Crippen MR) is 54.8 cm³/mol. The molecule has 0 aromatic carbocycles. The molecule has 0 radical (unpaired) electrons. The third-order valence-electron chi connectivity index (χ3n) is 1.44. The van der Waals surface area contributed by atoms with E-state index in [0.717, 1.165) is 4.88 Å². The maximum Gasteiger partial charge on any atom is 0.324 e. The van der Waals surface area contributed by atoms with E-state index in [-0.39, 0.29) is 9.92 Å². The van der Waals surface area contributed by atoms with Crippen LogP contribution in [-0.4, -0.2) is 4.92 Å². The van der Waals surface area contributed by atoms with Crippen LogP contribution in [0.3, 0.4) is 0 Å². The Labute approximate surface area is 80.9 Å². The van der Waals surface area contributed by atoms with Crippen LogP contribution in [0.5, 0.6) is 0 Å². The van der Waals surface area contributed by atoms with E-state index < -0.39 is 0 Å². The molecule has 0 N–H and O–H groups in total. The minimum atomic E-state index is -0.364. The Morgan fingerprint density at radius 2 is 2.23 bits per heavy atom. The van der Waals surface area contributed by atoms with Gasteiger partial charge in [0.05, 0.1) is 4.92 Å². The van der Waals surface area contributed by atoms with Gasteiger partial charge < -0.3 is 0 Å². The quantitative estimate of drug-likeness (QED) is 0.551. The number of hydrogen-bond donors (Lipinski definition) is 0. The number of thiophene rings is 1. The molecule has 1 aromatic rings. The summed E-state index contributed by atoms with van der Waals surface area (Å²) in [7, 11) is 0. The fourth-order valence-corrected chi connectivity index (χ4v) is 1.55. The first-order valence-corrected chi connectivity index (χ1v) is 4.83. The molecule has 4 heteroatoms. The summed E-state index contributed by atoms with van der Waals surface area (Å²) in [5.74, 6) is 0.473. The van der Waals surface area contributed by atoms with Gasteiger partial charge in [-0.25, -0.2) is 0 Å². The van der Waals surface area contributed by atoms with E-state index in [4.69, 9.17) is 0 Å². The summed E-state index contributed by atoms with van der Waals surface area (Å²) in [6.45, 7) is 4.14. The van der Waals surface area contributed by atoms with Gasteiger partial charge in [-0.15, -0.1) is 0 Å². The van der Waals surface area contributed by atoms with Crippen LogP contribution < -0.4 is 0 Å². The van der Waals surface area contributed by atoms with Gasteiger partial charge in [-0.2, -0.15) is 0 Å². The second kappa shape index (κ2) is 4.18. The highest BCUT2D eigenvalue weighted by molar-refractivity contribution is 7.16. The molecule has 70 valence electrons. The molecular formula is C9H11NO2S. The minimum absolute atomic E-state index is 0.198. The number of allylic oxidation sites excluding steroid dienone is 1. The van der Waals surface area contributed by atoms with E-state index >= 15 is 0 Å². The lowest BCUT2D eigenvalue weighted by atomic mass is 10.2. The molecule has 1 rings (SSSR count). The summed E-state index contributed by atoms with van der Waals surface area (Å²) in [5, 5.41) is 10.5. The van der Waals surface area contributed by atoms with Crippen molar-refractivity contribution in [3.05, 3.63) is 33.2 Å². The molecule has 1 aromatic heterocycles. The zero-order valence-corrected chi connectivity index (χ0v) is 8.38. The van der Waals surface area contributed by atoms with E-state index in [1.165, 1.54) is 17.4 Å². The fraction of sp³-hybridized carbons (Fsp3) is 0.333. The van der Waals surface area contributed by atoms with E-state index in [1.807, 2.05) is 12.2 Å². The molecule has 3 nitrogen and oxygen atoms in total. The first kappa shape index (κ1) is 9.92. The summed E-state index contributed by atoms with van der Waals surface area (Å²) in [6.07, 6.45) is 3.94. The molecule has 13 heavy (non-hydrogen) atoms. The number of nitrogens with zero attached hydrogens (tertiary/aromatic N) is 1. The van der Waals surface area contributed by atoms with Crippen molar-refractivity contribution in [3.63, 3.8) is 0 Å². The van der Waals surface area contributed by atoms with Crippen LogP contribution in [0.4, 0.5) is 5.00 Å². The van der Waals surface area contributed by atoms with Gasteiger partial charge in [0.25, 0.3) is 0 Å². The normalized spacial score (nSPS) is 11.3. The smallest absolute Gasteiger partial charge is 0.258 e. The SMILES string of the molecule is CC(C)/C=C/c1ccc([N+](=O)[O-])s1. The molecule has 0 aliphatic carbocycles. The standard InChI is InChI=1S/C9H11NO2S/c1-7(2)3-4-8-5-6-9(13-8)10(11)12/h3-7H,1-2H3/b4-3+. The molecule has 0 saturated heterocycles. The van der Waals surface area contributed by atoms with Crippen LogP contribution in [0.25, 0.3) is 6.08 Å².